The Balaban J connectivity index is 0.00000161. The van der Waals surface area contributed by atoms with E-state index in [0.29, 0.717) is 11.1 Å². The zero-order valence-electron chi connectivity index (χ0n) is 11.1. The molecule has 0 fully saturated rings. The normalized spacial score (nSPS) is 14.3. The molecule has 0 aliphatic carbocycles. The van der Waals surface area contributed by atoms with Crippen molar-refractivity contribution in [2.45, 2.75) is 0 Å². The fourth-order valence-corrected chi connectivity index (χ4v) is 2.33. The average Bonchev–Trinajstić information content (AvgIpc) is 2.76. The third-order valence-electron chi connectivity index (χ3n) is 3.30. The van der Waals surface area contributed by atoms with E-state index in [1.165, 1.54) is 12.1 Å². The fourth-order valence-electron chi connectivity index (χ4n) is 2.33. The van der Waals surface area contributed by atoms with E-state index in [0.717, 1.165) is 5.69 Å². The van der Waals surface area contributed by atoms with Crippen LogP contribution in [0.5, 0.6) is 0 Å². The smallest absolute Gasteiger partial charge is 0.137 e. The summed E-state index contributed by atoms with van der Waals surface area (Å²) >= 11 is 0. The van der Waals surface area contributed by atoms with E-state index < -0.39 is 0 Å². The SMILES string of the molecule is Cl.N=C1C(c2ccc(F)cc2)=C(O)CN1c1ccccc1. The van der Waals surface area contributed by atoms with Gasteiger partial charge in [-0.15, -0.1) is 12.4 Å². The molecule has 5 heteroatoms. The van der Waals surface area contributed by atoms with Crippen LogP contribution in [0.4, 0.5) is 10.1 Å². The molecule has 0 unspecified atom stereocenters. The highest BCUT2D eigenvalue weighted by molar-refractivity contribution is 6.30. The molecule has 0 atom stereocenters. The van der Waals surface area contributed by atoms with Crippen molar-refractivity contribution in [3.63, 3.8) is 0 Å². The van der Waals surface area contributed by atoms with Crippen LogP contribution in [0.2, 0.25) is 0 Å². The molecule has 3 nitrogen and oxygen atoms in total. The number of nitrogens with zero attached hydrogens (tertiary/aromatic N) is 1. The van der Waals surface area contributed by atoms with E-state index in [1.54, 1.807) is 17.0 Å². The third kappa shape index (κ3) is 2.76. The maximum absolute atomic E-state index is 13.0. The highest BCUT2D eigenvalue weighted by Crippen LogP contribution is 2.30. The van der Waals surface area contributed by atoms with Crippen molar-refractivity contribution in [1.82, 2.24) is 0 Å². The molecule has 1 aliphatic heterocycles. The lowest BCUT2D eigenvalue weighted by atomic mass is 10.1. The number of aliphatic hydroxyl groups is 1. The molecule has 0 saturated heterocycles. The number of hydrogen-bond donors (Lipinski definition) is 2. The number of benzene rings is 2. The Bertz CT molecular complexity index is 683. The number of anilines is 1. The summed E-state index contributed by atoms with van der Waals surface area (Å²) in [7, 11) is 0. The van der Waals surface area contributed by atoms with Crippen LogP contribution in [-0.4, -0.2) is 17.5 Å². The molecule has 2 N–H and O–H groups in total. The number of halogens is 2. The molecular formula is C16H14ClFN2O. The van der Waals surface area contributed by atoms with Crippen LogP contribution in [0.25, 0.3) is 5.57 Å². The number of para-hydroxylation sites is 1. The van der Waals surface area contributed by atoms with Gasteiger partial charge in [0.1, 0.15) is 17.4 Å². The lowest BCUT2D eigenvalue weighted by Gasteiger charge is -2.18. The molecule has 0 amide bonds. The van der Waals surface area contributed by atoms with Gasteiger partial charge in [-0.05, 0) is 29.8 Å². The average molecular weight is 305 g/mol. The van der Waals surface area contributed by atoms with Crippen molar-refractivity contribution >= 4 is 29.5 Å². The largest absolute Gasteiger partial charge is 0.510 e. The molecule has 2 aromatic rings. The van der Waals surface area contributed by atoms with Crippen molar-refractivity contribution in [1.29, 1.82) is 5.41 Å². The summed E-state index contributed by atoms with van der Waals surface area (Å²) < 4.78 is 13.0. The lowest BCUT2D eigenvalue weighted by molar-refractivity contribution is 0.411. The second-order valence-electron chi connectivity index (χ2n) is 4.60. The lowest BCUT2D eigenvalue weighted by Crippen LogP contribution is -2.25. The summed E-state index contributed by atoms with van der Waals surface area (Å²) in [6.45, 7) is 0.259. The molecule has 0 saturated carbocycles. The fraction of sp³-hybridized carbons (Fsp3) is 0.0625. The summed E-state index contributed by atoms with van der Waals surface area (Å²) in [5.41, 5.74) is 1.95. The van der Waals surface area contributed by atoms with Crippen molar-refractivity contribution in [3.05, 3.63) is 71.7 Å². The zero-order valence-corrected chi connectivity index (χ0v) is 11.9. The van der Waals surface area contributed by atoms with Crippen molar-refractivity contribution in [2.24, 2.45) is 0 Å². The number of rotatable bonds is 2. The van der Waals surface area contributed by atoms with Gasteiger partial charge in [-0.3, -0.25) is 5.41 Å². The maximum Gasteiger partial charge on any atom is 0.137 e. The maximum atomic E-state index is 13.0. The van der Waals surface area contributed by atoms with Gasteiger partial charge in [0.25, 0.3) is 0 Å². The van der Waals surface area contributed by atoms with Gasteiger partial charge in [-0.25, -0.2) is 4.39 Å². The summed E-state index contributed by atoms with van der Waals surface area (Å²) in [5.74, 6) is 0.0176. The van der Waals surface area contributed by atoms with E-state index in [4.69, 9.17) is 5.41 Å². The summed E-state index contributed by atoms with van der Waals surface area (Å²) in [5, 5.41) is 18.4. The van der Waals surface area contributed by atoms with Gasteiger partial charge in [-0.1, -0.05) is 30.3 Å². The first kappa shape index (κ1) is 15.1. The highest BCUT2D eigenvalue weighted by Gasteiger charge is 2.29. The molecule has 21 heavy (non-hydrogen) atoms. The minimum Gasteiger partial charge on any atom is -0.510 e. The first-order valence-electron chi connectivity index (χ1n) is 6.26. The third-order valence-corrected chi connectivity index (χ3v) is 3.30. The molecule has 0 radical (unpaired) electrons. The second kappa shape index (κ2) is 5.97. The van der Waals surface area contributed by atoms with Crippen molar-refractivity contribution in [3.8, 4) is 0 Å². The molecule has 0 bridgehead atoms. The summed E-state index contributed by atoms with van der Waals surface area (Å²) in [4.78, 5) is 1.72. The Morgan fingerprint density at radius 1 is 1.00 bits per heavy atom. The summed E-state index contributed by atoms with van der Waals surface area (Å²) in [6, 6.07) is 15.2. The molecule has 1 aliphatic rings. The van der Waals surface area contributed by atoms with Gasteiger partial charge in [0.05, 0.1) is 12.1 Å². The number of amidine groups is 1. The van der Waals surface area contributed by atoms with Gasteiger partial charge in [0.15, 0.2) is 0 Å². The molecule has 1 heterocycles. The van der Waals surface area contributed by atoms with Crippen LogP contribution in [-0.2, 0) is 0 Å². The molecule has 0 aromatic heterocycles. The topological polar surface area (TPSA) is 47.3 Å². The zero-order chi connectivity index (χ0) is 14.1. The minimum atomic E-state index is -0.335. The van der Waals surface area contributed by atoms with Gasteiger partial charge in [0, 0.05) is 5.69 Å². The van der Waals surface area contributed by atoms with Crippen LogP contribution >= 0.6 is 12.4 Å². The number of nitrogens with one attached hydrogen (secondary N) is 1. The first-order valence-corrected chi connectivity index (χ1v) is 6.26. The first-order chi connectivity index (χ1) is 9.66. The van der Waals surface area contributed by atoms with Crippen molar-refractivity contribution < 1.29 is 9.50 Å². The minimum absolute atomic E-state index is 0. The van der Waals surface area contributed by atoms with Crippen LogP contribution in [0.3, 0.4) is 0 Å². The molecule has 2 aromatic carbocycles. The van der Waals surface area contributed by atoms with E-state index in [2.05, 4.69) is 0 Å². The van der Waals surface area contributed by atoms with Gasteiger partial charge in [-0.2, -0.15) is 0 Å². The Hall–Kier alpha value is -2.33. The second-order valence-corrected chi connectivity index (χ2v) is 4.60. The Morgan fingerprint density at radius 2 is 1.62 bits per heavy atom. The predicted octanol–water partition coefficient (Wildman–Crippen LogP) is 4.01. The molecule has 3 rings (SSSR count). The number of hydrogen-bond acceptors (Lipinski definition) is 2. The van der Waals surface area contributed by atoms with E-state index in [1.807, 2.05) is 30.3 Å². The Kier molecular flexibility index (Phi) is 4.29. The van der Waals surface area contributed by atoms with E-state index in [9.17, 15) is 9.50 Å². The van der Waals surface area contributed by atoms with E-state index >= 15 is 0 Å². The van der Waals surface area contributed by atoms with Gasteiger partial charge in [0.2, 0.25) is 0 Å². The Labute approximate surface area is 128 Å². The van der Waals surface area contributed by atoms with Crippen LogP contribution < -0.4 is 4.90 Å². The highest BCUT2D eigenvalue weighted by atomic mass is 35.5. The van der Waals surface area contributed by atoms with Crippen LogP contribution in [0.1, 0.15) is 5.56 Å². The van der Waals surface area contributed by atoms with E-state index in [-0.39, 0.29) is 36.4 Å². The van der Waals surface area contributed by atoms with Gasteiger partial charge >= 0.3 is 0 Å². The predicted molar refractivity (Wildman–Crippen MR) is 84.7 cm³/mol. The molecular weight excluding hydrogens is 291 g/mol. The van der Waals surface area contributed by atoms with Crippen LogP contribution in [0.15, 0.2) is 60.4 Å². The summed E-state index contributed by atoms with van der Waals surface area (Å²) in [6.07, 6.45) is 0. The number of aliphatic hydroxyl groups excluding tert-OH is 1. The van der Waals surface area contributed by atoms with Crippen molar-refractivity contribution in [2.75, 3.05) is 11.4 Å². The molecule has 108 valence electrons. The van der Waals surface area contributed by atoms with Crippen LogP contribution in [0, 0.1) is 11.2 Å². The monoisotopic (exact) mass is 304 g/mol. The standard InChI is InChI=1S/C16H13FN2O.ClH/c17-12-8-6-11(7-9-12)15-14(20)10-19(16(15)18)13-4-2-1-3-5-13;/h1-9,18,20H,10H2;1H. The molecule has 0 spiro atoms. The quantitative estimate of drug-likeness (QED) is 0.880. The van der Waals surface area contributed by atoms with Gasteiger partial charge < -0.3 is 10.0 Å². The Morgan fingerprint density at radius 3 is 2.24 bits per heavy atom.